The van der Waals surface area contributed by atoms with Gasteiger partial charge < -0.3 is 5.11 Å². The summed E-state index contributed by atoms with van der Waals surface area (Å²) in [4.78, 5) is 28.8. The standard InChI is InChI=1S/C28H20ClF3N2O3/c1-13-12-33-25(17-4-3-5-18(23(17)31)28(36)37)24(32)26(13)34-14(2)10-21(22(29)27(34)35)20-11-19(20)15-6-8-16(30)9-7-15/h3-10,12,19-20H,11H2,1-2H3,(H,36,37)/t19-,20+/m1/s1. The number of halogens is 4. The van der Waals surface area contributed by atoms with Gasteiger partial charge in [0.25, 0.3) is 5.56 Å². The van der Waals surface area contributed by atoms with E-state index in [1.54, 1.807) is 32.0 Å². The molecule has 2 atom stereocenters. The number of aromatic carboxylic acids is 1. The van der Waals surface area contributed by atoms with Crippen LogP contribution in [0.25, 0.3) is 16.9 Å². The molecule has 0 bridgehead atoms. The summed E-state index contributed by atoms with van der Waals surface area (Å²) in [7, 11) is 0. The Hall–Kier alpha value is -3.91. The van der Waals surface area contributed by atoms with Crippen LogP contribution in [0, 0.1) is 31.3 Å². The van der Waals surface area contributed by atoms with Crippen molar-refractivity contribution in [2.45, 2.75) is 32.1 Å². The minimum absolute atomic E-state index is 0.0363. The second kappa shape index (κ2) is 9.19. The molecule has 1 aliphatic carbocycles. The van der Waals surface area contributed by atoms with Crippen LogP contribution in [0.4, 0.5) is 13.2 Å². The number of benzene rings is 2. The normalized spacial score (nSPS) is 16.6. The van der Waals surface area contributed by atoms with Crippen LogP contribution in [0.2, 0.25) is 5.02 Å². The summed E-state index contributed by atoms with van der Waals surface area (Å²) < 4.78 is 45.2. The van der Waals surface area contributed by atoms with Gasteiger partial charge in [0.1, 0.15) is 22.4 Å². The highest BCUT2D eigenvalue weighted by molar-refractivity contribution is 6.31. The number of hydrogen-bond acceptors (Lipinski definition) is 3. The van der Waals surface area contributed by atoms with Gasteiger partial charge >= 0.3 is 5.97 Å². The molecule has 0 spiro atoms. The van der Waals surface area contributed by atoms with Crippen molar-refractivity contribution in [2.75, 3.05) is 0 Å². The molecule has 1 aliphatic rings. The predicted octanol–water partition coefficient (Wildman–Crippen LogP) is 6.56. The van der Waals surface area contributed by atoms with E-state index >= 15 is 4.39 Å². The lowest BCUT2D eigenvalue weighted by molar-refractivity contribution is 0.0692. The number of carboxylic acid groups (broad SMARTS) is 1. The zero-order valence-electron chi connectivity index (χ0n) is 19.7. The second-order valence-corrected chi connectivity index (χ2v) is 9.50. The van der Waals surface area contributed by atoms with Crippen molar-refractivity contribution in [2.24, 2.45) is 0 Å². The van der Waals surface area contributed by atoms with Crippen LogP contribution in [0.15, 0.2) is 59.5 Å². The van der Waals surface area contributed by atoms with E-state index in [0.29, 0.717) is 16.8 Å². The first-order chi connectivity index (χ1) is 17.6. The van der Waals surface area contributed by atoms with Crippen molar-refractivity contribution in [3.05, 3.63) is 116 Å². The monoisotopic (exact) mass is 524 g/mol. The highest BCUT2D eigenvalue weighted by Gasteiger charge is 2.41. The summed E-state index contributed by atoms with van der Waals surface area (Å²) in [5.74, 6) is -3.89. The van der Waals surface area contributed by atoms with Crippen LogP contribution in [-0.4, -0.2) is 20.6 Å². The Morgan fingerprint density at radius 1 is 1.05 bits per heavy atom. The third-order valence-corrected chi connectivity index (χ3v) is 7.11. The van der Waals surface area contributed by atoms with E-state index in [2.05, 4.69) is 4.98 Å². The van der Waals surface area contributed by atoms with Crippen molar-refractivity contribution >= 4 is 17.6 Å². The summed E-state index contributed by atoms with van der Waals surface area (Å²) in [6.07, 6.45) is 2.03. The molecular weight excluding hydrogens is 505 g/mol. The molecule has 2 heterocycles. The lowest BCUT2D eigenvalue weighted by Gasteiger charge is -2.18. The highest BCUT2D eigenvalue weighted by atomic mass is 35.5. The number of aromatic nitrogens is 2. The fourth-order valence-electron chi connectivity index (χ4n) is 4.81. The Morgan fingerprint density at radius 2 is 1.76 bits per heavy atom. The SMILES string of the molecule is Cc1cnc(-c2cccc(C(=O)O)c2F)c(F)c1-n1c(C)cc([C@H]2C[C@@H]2c2ccc(F)cc2)c(Cl)c1=O. The van der Waals surface area contributed by atoms with E-state index in [4.69, 9.17) is 11.6 Å². The van der Waals surface area contributed by atoms with Crippen LogP contribution in [0.3, 0.4) is 0 Å². The molecular formula is C28H20ClF3N2O3. The molecule has 0 saturated heterocycles. The van der Waals surface area contributed by atoms with Gasteiger partial charge in [0.2, 0.25) is 0 Å². The third kappa shape index (κ3) is 4.21. The molecule has 2 aromatic carbocycles. The van der Waals surface area contributed by atoms with Gasteiger partial charge in [-0.25, -0.2) is 18.0 Å². The number of aryl methyl sites for hydroxylation is 2. The predicted molar refractivity (Wildman–Crippen MR) is 133 cm³/mol. The molecule has 0 radical (unpaired) electrons. The smallest absolute Gasteiger partial charge is 0.338 e. The first-order valence-electron chi connectivity index (χ1n) is 11.4. The minimum Gasteiger partial charge on any atom is -0.478 e. The van der Waals surface area contributed by atoms with Gasteiger partial charge in [0.05, 0.1) is 11.3 Å². The van der Waals surface area contributed by atoms with Gasteiger partial charge in [-0.15, -0.1) is 0 Å². The Morgan fingerprint density at radius 3 is 2.43 bits per heavy atom. The first kappa shape index (κ1) is 24.8. The van der Waals surface area contributed by atoms with Gasteiger partial charge in [-0.2, -0.15) is 0 Å². The molecule has 2 aromatic heterocycles. The molecule has 0 unspecified atom stereocenters. The Kier molecular flexibility index (Phi) is 6.15. The second-order valence-electron chi connectivity index (χ2n) is 9.12. The van der Waals surface area contributed by atoms with Gasteiger partial charge in [-0.1, -0.05) is 29.8 Å². The molecule has 5 nitrogen and oxygen atoms in total. The van der Waals surface area contributed by atoms with E-state index in [1.165, 1.54) is 30.5 Å². The number of nitrogens with zero attached hydrogens (tertiary/aromatic N) is 2. The largest absolute Gasteiger partial charge is 0.478 e. The fraction of sp³-hybridized carbons (Fsp3) is 0.179. The number of carbonyl (C=O) groups is 1. The average molecular weight is 525 g/mol. The van der Waals surface area contributed by atoms with Crippen molar-refractivity contribution in [1.29, 1.82) is 0 Å². The van der Waals surface area contributed by atoms with Crippen LogP contribution in [0.5, 0.6) is 0 Å². The van der Waals surface area contributed by atoms with E-state index in [1.807, 2.05) is 0 Å². The molecule has 1 saturated carbocycles. The summed E-state index contributed by atoms with van der Waals surface area (Å²) in [5, 5.41) is 9.18. The summed E-state index contributed by atoms with van der Waals surface area (Å²) >= 11 is 6.52. The third-order valence-electron chi connectivity index (χ3n) is 6.73. The minimum atomic E-state index is -1.50. The van der Waals surface area contributed by atoms with Crippen LogP contribution < -0.4 is 5.56 Å². The van der Waals surface area contributed by atoms with E-state index in [-0.39, 0.29) is 33.9 Å². The maximum absolute atomic E-state index is 15.9. The first-order valence-corrected chi connectivity index (χ1v) is 11.8. The molecule has 0 amide bonds. The van der Waals surface area contributed by atoms with Gasteiger partial charge in [-0.3, -0.25) is 14.3 Å². The molecule has 1 fully saturated rings. The van der Waals surface area contributed by atoms with Crippen LogP contribution in [0.1, 0.15) is 51.0 Å². The number of pyridine rings is 2. The highest BCUT2D eigenvalue weighted by Crippen LogP contribution is 2.55. The lowest BCUT2D eigenvalue weighted by atomic mass is 10.0. The fourth-order valence-corrected chi connectivity index (χ4v) is 5.09. The molecule has 4 aromatic rings. The Labute approximate surface area is 214 Å². The molecule has 5 rings (SSSR count). The Balaban J connectivity index is 1.60. The topological polar surface area (TPSA) is 72.2 Å². The van der Waals surface area contributed by atoms with Gasteiger partial charge in [0.15, 0.2) is 5.82 Å². The number of carboxylic acids is 1. The van der Waals surface area contributed by atoms with Crippen molar-refractivity contribution in [3.63, 3.8) is 0 Å². The van der Waals surface area contributed by atoms with Crippen LogP contribution in [-0.2, 0) is 0 Å². The summed E-state index contributed by atoms with van der Waals surface area (Å²) in [5.41, 5.74) is 0.110. The van der Waals surface area contributed by atoms with Crippen molar-refractivity contribution in [1.82, 2.24) is 9.55 Å². The number of hydrogen-bond donors (Lipinski definition) is 1. The molecule has 37 heavy (non-hydrogen) atoms. The van der Waals surface area contributed by atoms with Crippen molar-refractivity contribution in [3.8, 4) is 16.9 Å². The molecule has 9 heteroatoms. The maximum atomic E-state index is 15.9. The van der Waals surface area contributed by atoms with Gasteiger partial charge in [0, 0.05) is 17.5 Å². The molecule has 188 valence electrons. The van der Waals surface area contributed by atoms with Crippen molar-refractivity contribution < 1.29 is 23.1 Å². The number of rotatable bonds is 5. The van der Waals surface area contributed by atoms with Crippen LogP contribution >= 0.6 is 11.6 Å². The zero-order chi connectivity index (χ0) is 26.6. The van der Waals surface area contributed by atoms with E-state index in [9.17, 15) is 23.5 Å². The maximum Gasteiger partial charge on any atom is 0.338 e. The molecule has 0 aliphatic heterocycles. The van der Waals surface area contributed by atoms with E-state index in [0.717, 1.165) is 22.6 Å². The quantitative estimate of drug-likeness (QED) is 0.321. The summed E-state index contributed by atoms with van der Waals surface area (Å²) in [6, 6.07) is 11.5. The molecule has 1 N–H and O–H groups in total. The zero-order valence-corrected chi connectivity index (χ0v) is 20.5. The summed E-state index contributed by atoms with van der Waals surface area (Å²) in [6.45, 7) is 3.19. The average Bonchev–Trinajstić information content (AvgIpc) is 3.65. The lowest BCUT2D eigenvalue weighted by Crippen LogP contribution is -2.24. The van der Waals surface area contributed by atoms with E-state index < -0.39 is 34.4 Å². The Bertz CT molecular complexity index is 1630. The van der Waals surface area contributed by atoms with Gasteiger partial charge in [-0.05, 0) is 79.1 Å².